The molecule has 0 aliphatic heterocycles. The van der Waals surface area contributed by atoms with Gasteiger partial charge in [-0.1, -0.05) is 0 Å². The van der Waals surface area contributed by atoms with Gasteiger partial charge in [-0.05, 0) is 59.0 Å². The molecule has 0 heterocycles. The molecule has 1 aromatic carbocycles. The Balaban J connectivity index is 2.58. The Hall–Kier alpha value is -2.39. The van der Waals surface area contributed by atoms with Crippen LogP contribution in [0.1, 0.15) is 33.3 Å². The topological polar surface area (TPSA) is 85.2 Å². The molecule has 0 saturated carbocycles. The fraction of sp³-hybridized carbons (Fsp3) is 0.471. The van der Waals surface area contributed by atoms with Crippen LogP contribution in [0.15, 0.2) is 24.3 Å². The number of nitrogens with zero attached hydrogens (tertiary/aromatic N) is 2. The van der Waals surface area contributed by atoms with E-state index in [-0.39, 0.29) is 23.9 Å². The molecule has 1 aromatic rings. The van der Waals surface area contributed by atoms with Crippen LogP contribution in [0.3, 0.4) is 0 Å². The van der Waals surface area contributed by atoms with Gasteiger partial charge in [-0.2, -0.15) is 5.26 Å². The molecule has 0 aliphatic rings. The van der Waals surface area contributed by atoms with E-state index < -0.39 is 6.04 Å². The highest BCUT2D eigenvalue weighted by molar-refractivity contribution is 5.95. The maximum Gasteiger partial charge on any atom is 0.241 e. The molecule has 0 saturated heterocycles. The molecular weight excluding hydrogens is 292 g/mol. The standard InChI is InChI=1S/C17H24N4O2/c1-12(21(5)11-15(22)20-17(2,3)4)16(23)19-14-8-6-13(10-18)7-9-14/h6-9,12H,11H2,1-5H3,(H,19,23)(H,20,22)/t12-/m0/s1. The number of nitrogens with one attached hydrogen (secondary N) is 2. The molecular formula is C17H24N4O2. The van der Waals surface area contributed by atoms with Gasteiger partial charge in [0.15, 0.2) is 0 Å². The van der Waals surface area contributed by atoms with Crippen LogP contribution < -0.4 is 10.6 Å². The van der Waals surface area contributed by atoms with E-state index in [9.17, 15) is 9.59 Å². The fourth-order valence-corrected chi connectivity index (χ4v) is 1.90. The number of hydrogen-bond acceptors (Lipinski definition) is 4. The molecule has 0 fully saturated rings. The Labute approximate surface area is 137 Å². The third kappa shape index (κ3) is 6.49. The number of benzene rings is 1. The third-order valence-corrected chi connectivity index (χ3v) is 3.23. The van der Waals surface area contributed by atoms with Gasteiger partial charge < -0.3 is 10.6 Å². The van der Waals surface area contributed by atoms with Crippen molar-refractivity contribution in [1.82, 2.24) is 10.2 Å². The van der Waals surface area contributed by atoms with Crippen molar-refractivity contribution in [3.05, 3.63) is 29.8 Å². The molecule has 0 bridgehead atoms. The van der Waals surface area contributed by atoms with E-state index >= 15 is 0 Å². The van der Waals surface area contributed by atoms with Gasteiger partial charge in [0.1, 0.15) is 0 Å². The van der Waals surface area contributed by atoms with E-state index in [2.05, 4.69) is 10.6 Å². The first-order valence-corrected chi connectivity index (χ1v) is 7.44. The molecule has 0 aliphatic carbocycles. The Bertz CT molecular complexity index is 597. The van der Waals surface area contributed by atoms with Gasteiger partial charge in [0.05, 0.1) is 24.2 Å². The van der Waals surface area contributed by atoms with Crippen molar-refractivity contribution in [3.63, 3.8) is 0 Å². The summed E-state index contributed by atoms with van der Waals surface area (Å²) in [5, 5.41) is 14.4. The number of carbonyl (C=O) groups is 2. The molecule has 0 spiro atoms. The van der Waals surface area contributed by atoms with Gasteiger partial charge in [0.25, 0.3) is 0 Å². The molecule has 124 valence electrons. The van der Waals surface area contributed by atoms with Gasteiger partial charge >= 0.3 is 0 Å². The van der Waals surface area contributed by atoms with Crippen molar-refractivity contribution in [3.8, 4) is 6.07 Å². The number of carbonyl (C=O) groups excluding carboxylic acids is 2. The van der Waals surface area contributed by atoms with Crippen LogP contribution in [-0.4, -0.2) is 41.9 Å². The number of nitriles is 1. The summed E-state index contributed by atoms with van der Waals surface area (Å²) < 4.78 is 0. The van der Waals surface area contributed by atoms with Crippen LogP contribution in [0.5, 0.6) is 0 Å². The smallest absolute Gasteiger partial charge is 0.241 e. The second-order valence-corrected chi connectivity index (χ2v) is 6.57. The molecule has 1 atom stereocenters. The summed E-state index contributed by atoms with van der Waals surface area (Å²) in [5.74, 6) is -0.334. The zero-order valence-electron chi connectivity index (χ0n) is 14.3. The summed E-state index contributed by atoms with van der Waals surface area (Å²) in [6, 6.07) is 8.19. The predicted molar refractivity (Wildman–Crippen MR) is 89.8 cm³/mol. The summed E-state index contributed by atoms with van der Waals surface area (Å²) in [4.78, 5) is 25.8. The maximum absolute atomic E-state index is 12.2. The van der Waals surface area contributed by atoms with Gasteiger partial charge in [0.2, 0.25) is 11.8 Å². The first-order chi connectivity index (χ1) is 10.6. The van der Waals surface area contributed by atoms with Crippen molar-refractivity contribution < 1.29 is 9.59 Å². The van der Waals surface area contributed by atoms with Crippen molar-refractivity contribution in [2.45, 2.75) is 39.3 Å². The number of rotatable bonds is 5. The molecule has 2 N–H and O–H groups in total. The Kier molecular flexibility index (Phi) is 6.28. The minimum Gasteiger partial charge on any atom is -0.350 e. The lowest BCUT2D eigenvalue weighted by Crippen LogP contribution is -2.49. The molecule has 0 aromatic heterocycles. The van der Waals surface area contributed by atoms with Crippen LogP contribution in [0.4, 0.5) is 5.69 Å². The van der Waals surface area contributed by atoms with Crippen LogP contribution >= 0.6 is 0 Å². The summed E-state index contributed by atoms with van der Waals surface area (Å²) >= 11 is 0. The Morgan fingerprint density at radius 3 is 2.30 bits per heavy atom. The zero-order chi connectivity index (χ0) is 17.6. The van der Waals surface area contributed by atoms with Gasteiger partial charge in [-0.15, -0.1) is 0 Å². The average Bonchev–Trinajstić information content (AvgIpc) is 2.45. The number of likely N-dealkylation sites (N-methyl/N-ethyl adjacent to an activating group) is 1. The van der Waals surface area contributed by atoms with E-state index in [0.29, 0.717) is 11.3 Å². The van der Waals surface area contributed by atoms with Gasteiger partial charge in [0, 0.05) is 11.2 Å². The second kappa shape index (κ2) is 7.75. The molecule has 1 rings (SSSR count). The minimum atomic E-state index is -0.462. The SMILES string of the molecule is C[C@@H](C(=O)Nc1ccc(C#N)cc1)N(C)CC(=O)NC(C)(C)C. The fourth-order valence-electron chi connectivity index (χ4n) is 1.90. The van der Waals surface area contributed by atoms with E-state index in [1.807, 2.05) is 26.8 Å². The molecule has 6 nitrogen and oxygen atoms in total. The summed E-state index contributed by atoms with van der Waals surface area (Å²) in [6.07, 6.45) is 0. The Morgan fingerprint density at radius 1 is 1.26 bits per heavy atom. The molecule has 2 amide bonds. The first kappa shape index (κ1) is 18.7. The highest BCUT2D eigenvalue weighted by Crippen LogP contribution is 2.10. The summed E-state index contributed by atoms with van der Waals surface area (Å²) in [5.41, 5.74) is 0.853. The number of amides is 2. The second-order valence-electron chi connectivity index (χ2n) is 6.57. The molecule has 23 heavy (non-hydrogen) atoms. The monoisotopic (exact) mass is 316 g/mol. The number of anilines is 1. The molecule has 0 radical (unpaired) electrons. The van der Waals surface area contributed by atoms with Crippen molar-refractivity contribution in [2.24, 2.45) is 0 Å². The summed E-state index contributed by atoms with van der Waals surface area (Å²) in [7, 11) is 1.73. The highest BCUT2D eigenvalue weighted by atomic mass is 16.2. The summed E-state index contributed by atoms with van der Waals surface area (Å²) in [6.45, 7) is 7.60. The molecule has 6 heteroatoms. The van der Waals surface area contributed by atoms with Crippen LogP contribution in [0.2, 0.25) is 0 Å². The first-order valence-electron chi connectivity index (χ1n) is 7.44. The van der Waals surface area contributed by atoms with E-state index in [4.69, 9.17) is 5.26 Å². The zero-order valence-corrected chi connectivity index (χ0v) is 14.3. The lowest BCUT2D eigenvalue weighted by atomic mass is 10.1. The predicted octanol–water partition coefficient (Wildman–Crippen LogP) is 1.73. The Morgan fingerprint density at radius 2 is 1.83 bits per heavy atom. The minimum absolute atomic E-state index is 0.127. The van der Waals surface area contributed by atoms with Gasteiger partial charge in [-0.3, -0.25) is 14.5 Å². The van der Waals surface area contributed by atoms with E-state index in [1.165, 1.54) is 0 Å². The highest BCUT2D eigenvalue weighted by Gasteiger charge is 2.22. The van der Waals surface area contributed by atoms with Crippen LogP contribution in [-0.2, 0) is 9.59 Å². The quantitative estimate of drug-likeness (QED) is 0.866. The lowest BCUT2D eigenvalue weighted by molar-refractivity contribution is -0.125. The third-order valence-electron chi connectivity index (χ3n) is 3.23. The van der Waals surface area contributed by atoms with Gasteiger partial charge in [-0.25, -0.2) is 0 Å². The number of hydrogen-bond donors (Lipinski definition) is 2. The van der Waals surface area contributed by atoms with E-state index in [1.54, 1.807) is 43.1 Å². The van der Waals surface area contributed by atoms with Crippen molar-refractivity contribution >= 4 is 17.5 Å². The van der Waals surface area contributed by atoms with Crippen LogP contribution in [0.25, 0.3) is 0 Å². The van der Waals surface area contributed by atoms with Crippen molar-refractivity contribution in [2.75, 3.05) is 18.9 Å². The maximum atomic E-state index is 12.2. The normalized spacial score (nSPS) is 12.4. The largest absolute Gasteiger partial charge is 0.350 e. The lowest BCUT2D eigenvalue weighted by Gasteiger charge is -2.26. The molecule has 0 unspecified atom stereocenters. The van der Waals surface area contributed by atoms with E-state index in [0.717, 1.165) is 0 Å². The van der Waals surface area contributed by atoms with Crippen LogP contribution in [0, 0.1) is 11.3 Å². The van der Waals surface area contributed by atoms with Crippen molar-refractivity contribution in [1.29, 1.82) is 5.26 Å². The average molecular weight is 316 g/mol.